The van der Waals surface area contributed by atoms with Crippen LogP contribution in [0, 0.1) is 11.8 Å². The molecule has 15 heteroatoms. The maximum Gasteiger partial charge on any atom is 0.388 e. The number of amides is 1. The molecule has 0 aliphatic heterocycles. The number of ketones is 1. The molecule has 0 radical (unpaired) electrons. The molecule has 0 saturated heterocycles. The highest BCUT2D eigenvalue weighted by Crippen LogP contribution is 2.42. The number of carbonyl (C=O) groups excluding carboxylic acids is 2. The van der Waals surface area contributed by atoms with Crippen molar-refractivity contribution >= 4 is 34.8 Å². The third kappa shape index (κ3) is 5.43. The number of ether oxygens (including phenoxy) is 1. The van der Waals surface area contributed by atoms with Gasteiger partial charge in [0.2, 0.25) is 11.8 Å². The summed E-state index contributed by atoms with van der Waals surface area (Å²) < 4.78 is 59.7. The van der Waals surface area contributed by atoms with Gasteiger partial charge in [0.05, 0.1) is 11.5 Å². The van der Waals surface area contributed by atoms with Gasteiger partial charge in [-0.15, -0.1) is 26.6 Å². The zero-order valence-electron chi connectivity index (χ0n) is 21.4. The Labute approximate surface area is 230 Å². The minimum Gasteiger partial charge on any atom is -0.415 e. The second-order valence-electron chi connectivity index (χ2n) is 10.5. The van der Waals surface area contributed by atoms with E-state index in [4.69, 9.17) is 0 Å². The van der Waals surface area contributed by atoms with Crippen LogP contribution in [0.2, 0.25) is 0 Å². The minimum atomic E-state index is -3.01. The van der Waals surface area contributed by atoms with Gasteiger partial charge < -0.3 is 15.4 Å². The van der Waals surface area contributed by atoms with Crippen LogP contribution in [0.5, 0.6) is 5.88 Å². The molecule has 214 valence electrons. The Kier molecular flexibility index (Phi) is 7.00. The molecule has 40 heavy (non-hydrogen) atoms. The average Bonchev–Trinajstić information content (AvgIpc) is 3.62. The van der Waals surface area contributed by atoms with E-state index in [1.54, 1.807) is 13.4 Å². The Morgan fingerprint density at radius 1 is 1.25 bits per heavy atom. The highest BCUT2D eigenvalue weighted by atomic mass is 32.1. The van der Waals surface area contributed by atoms with Crippen molar-refractivity contribution in [2.24, 2.45) is 18.9 Å². The Morgan fingerprint density at radius 2 is 2.02 bits per heavy atom. The first-order chi connectivity index (χ1) is 19.2. The van der Waals surface area contributed by atoms with Crippen molar-refractivity contribution in [2.75, 3.05) is 11.9 Å². The first-order valence-corrected chi connectivity index (χ1v) is 13.9. The van der Waals surface area contributed by atoms with E-state index in [9.17, 15) is 27.2 Å². The summed E-state index contributed by atoms with van der Waals surface area (Å²) in [4.78, 5) is 27.6. The van der Waals surface area contributed by atoms with Gasteiger partial charge in [-0.1, -0.05) is 0 Å². The van der Waals surface area contributed by atoms with Crippen LogP contribution in [0.15, 0.2) is 12.4 Å². The Hall–Kier alpha value is -3.49. The van der Waals surface area contributed by atoms with Crippen LogP contribution < -0.4 is 15.4 Å². The summed E-state index contributed by atoms with van der Waals surface area (Å²) in [6.45, 7) is -2.79. The highest BCUT2D eigenvalue weighted by molar-refractivity contribution is 7.12. The minimum absolute atomic E-state index is 0.00567. The van der Waals surface area contributed by atoms with Crippen LogP contribution in [0.1, 0.15) is 51.0 Å². The summed E-state index contributed by atoms with van der Waals surface area (Å²) >= 11 is 1.41. The number of thiophene rings is 1. The lowest BCUT2D eigenvalue weighted by molar-refractivity contribution is -0.119. The number of nitrogens with one attached hydrogen (secondary N) is 2. The molecule has 2 saturated carbocycles. The van der Waals surface area contributed by atoms with Gasteiger partial charge in [0.25, 0.3) is 5.91 Å². The molecule has 1 amide bonds. The van der Waals surface area contributed by atoms with Crippen LogP contribution in [0.3, 0.4) is 0 Å². The number of hydrogen-bond acceptors (Lipinski definition) is 8. The topological polar surface area (TPSA) is 116 Å². The molecule has 3 heterocycles. The van der Waals surface area contributed by atoms with Crippen LogP contribution in [-0.2, 0) is 31.1 Å². The average molecular weight is 582 g/mol. The van der Waals surface area contributed by atoms with Gasteiger partial charge in [0, 0.05) is 47.8 Å². The van der Waals surface area contributed by atoms with Gasteiger partial charge in [-0.25, -0.2) is 13.5 Å². The quantitative estimate of drug-likeness (QED) is 0.332. The molecule has 2 fully saturated rings. The number of aromatic nitrogens is 5. The molecular formula is C25H27F4N7O3S. The summed E-state index contributed by atoms with van der Waals surface area (Å²) in [5.41, 5.74) is 1.24. The number of Topliss-reactive ketones (excluding diaryl/α,β-unsaturated/α-hetero) is 1. The highest BCUT2D eigenvalue weighted by Gasteiger charge is 2.44. The number of rotatable bonds is 11. The summed E-state index contributed by atoms with van der Waals surface area (Å²) in [5, 5.41) is 17.9. The predicted octanol–water partition coefficient (Wildman–Crippen LogP) is 3.71. The molecule has 3 aliphatic carbocycles. The fourth-order valence-electron chi connectivity index (χ4n) is 5.19. The Balaban J connectivity index is 1.24. The first-order valence-electron chi connectivity index (χ1n) is 13.1. The second kappa shape index (κ2) is 10.5. The van der Waals surface area contributed by atoms with Crippen LogP contribution in [0.4, 0.5) is 29.3 Å². The zero-order chi connectivity index (χ0) is 28.1. The van der Waals surface area contributed by atoms with E-state index >= 15 is 0 Å². The fraction of sp³-hybridized carbons (Fsp3) is 0.560. The zero-order valence-corrected chi connectivity index (χ0v) is 22.3. The lowest BCUT2D eigenvalue weighted by Gasteiger charge is -2.25. The van der Waals surface area contributed by atoms with Gasteiger partial charge in [0.1, 0.15) is 30.3 Å². The molecule has 5 atom stereocenters. The van der Waals surface area contributed by atoms with Gasteiger partial charge in [0.15, 0.2) is 0 Å². The van der Waals surface area contributed by atoms with E-state index in [1.165, 1.54) is 22.1 Å². The number of aryl methyl sites for hydroxylation is 2. The predicted molar refractivity (Wildman–Crippen MR) is 136 cm³/mol. The third-order valence-electron chi connectivity index (χ3n) is 7.63. The van der Waals surface area contributed by atoms with E-state index in [-0.39, 0.29) is 48.9 Å². The Bertz CT molecular complexity index is 1440. The number of anilines is 2. The molecule has 3 aromatic rings. The number of fused-ring (bicyclic) bond motifs is 1. The van der Waals surface area contributed by atoms with Crippen molar-refractivity contribution in [3.05, 3.63) is 33.3 Å². The fourth-order valence-corrected chi connectivity index (χ4v) is 6.55. The molecule has 10 nitrogen and oxygen atoms in total. The van der Waals surface area contributed by atoms with Gasteiger partial charge in [-0.2, -0.15) is 8.78 Å². The standard InChI is InChI=1S/C25H27F4N7O3S/c1-35-20(8-21(34-35)39-24(28)29)32-25-33-31-10-36(25)12-2-3-18-14(5-12)22(23(38)30-9-11-4-15(11)26)19(40-18)7-17(37)13-6-16(13)27/h8,10-13,15-16,24H,2-7,9H2,1H3,(H,30,38)(H,32,33)/t11-,12-,13-,15-,16-/m0/s1. The van der Waals surface area contributed by atoms with Crippen molar-refractivity contribution in [3.8, 4) is 5.88 Å². The van der Waals surface area contributed by atoms with Crippen molar-refractivity contribution < 1.29 is 31.9 Å². The maximum atomic E-state index is 13.6. The van der Waals surface area contributed by atoms with Gasteiger partial charge >= 0.3 is 6.61 Å². The summed E-state index contributed by atoms with van der Waals surface area (Å²) in [6.07, 6.45) is 1.95. The molecule has 3 aromatic heterocycles. The van der Waals surface area contributed by atoms with Gasteiger partial charge in [-0.3, -0.25) is 14.2 Å². The molecule has 0 spiro atoms. The molecule has 3 aliphatic rings. The molecule has 6 rings (SSSR count). The third-order valence-corrected chi connectivity index (χ3v) is 8.92. The number of alkyl halides is 4. The largest absolute Gasteiger partial charge is 0.415 e. The van der Waals surface area contributed by atoms with Crippen LogP contribution in [-0.4, -0.2) is 61.7 Å². The SMILES string of the molecule is Cn1nc(OC(F)F)cc1Nc1nncn1[C@H]1CCc2sc(CC(=O)[C@H]3C[C@@H]3F)c(C(=O)NC[C@@H]3C[C@@H]3F)c2C1. The van der Waals surface area contributed by atoms with E-state index in [1.807, 2.05) is 4.57 Å². The summed E-state index contributed by atoms with van der Waals surface area (Å²) in [6, 6.07) is 1.16. The molecule has 2 N–H and O–H groups in total. The lowest BCUT2D eigenvalue weighted by atomic mass is 9.90. The van der Waals surface area contributed by atoms with Crippen molar-refractivity contribution in [3.63, 3.8) is 0 Å². The first kappa shape index (κ1) is 26.7. The monoisotopic (exact) mass is 581 g/mol. The number of hydrogen-bond donors (Lipinski definition) is 2. The summed E-state index contributed by atoms with van der Waals surface area (Å²) in [5.74, 6) is -0.905. The number of halogens is 4. The molecule has 0 aromatic carbocycles. The van der Waals surface area contributed by atoms with E-state index in [0.29, 0.717) is 47.9 Å². The molecular weight excluding hydrogens is 554 g/mol. The van der Waals surface area contributed by atoms with Crippen LogP contribution >= 0.6 is 11.3 Å². The van der Waals surface area contributed by atoms with E-state index in [2.05, 4.69) is 30.7 Å². The number of nitrogens with zero attached hydrogens (tertiary/aromatic N) is 5. The molecule has 0 unspecified atom stereocenters. The lowest BCUT2D eigenvalue weighted by Crippen LogP contribution is -2.29. The normalized spacial score (nSPS) is 25.0. The smallest absolute Gasteiger partial charge is 0.388 e. The van der Waals surface area contributed by atoms with E-state index < -0.39 is 24.9 Å². The van der Waals surface area contributed by atoms with Crippen LogP contribution in [0.25, 0.3) is 0 Å². The van der Waals surface area contributed by atoms with Gasteiger partial charge in [-0.05, 0) is 37.7 Å². The second-order valence-corrected chi connectivity index (χ2v) is 11.7. The maximum absolute atomic E-state index is 13.6. The van der Waals surface area contributed by atoms with Crippen molar-refractivity contribution in [1.29, 1.82) is 0 Å². The molecule has 0 bridgehead atoms. The van der Waals surface area contributed by atoms with Crippen molar-refractivity contribution in [2.45, 2.75) is 63.5 Å². The number of carbonyl (C=O) groups is 2. The van der Waals surface area contributed by atoms with Crippen molar-refractivity contribution in [1.82, 2.24) is 29.9 Å². The van der Waals surface area contributed by atoms with E-state index in [0.717, 1.165) is 10.4 Å². The Morgan fingerprint density at radius 3 is 2.73 bits per heavy atom. The summed E-state index contributed by atoms with van der Waals surface area (Å²) in [7, 11) is 1.56.